The van der Waals surface area contributed by atoms with E-state index >= 15 is 0 Å². The largest absolute Gasteiger partial charge is 0.478 e. The Morgan fingerprint density at radius 2 is 1.85 bits per heavy atom. The van der Waals surface area contributed by atoms with E-state index in [9.17, 15) is 18.0 Å². The Bertz CT molecular complexity index is 1120. The second-order valence-electron chi connectivity index (χ2n) is 5.26. The summed E-state index contributed by atoms with van der Waals surface area (Å²) in [5.74, 6) is -1.99. The van der Waals surface area contributed by atoms with Crippen LogP contribution in [0.15, 0.2) is 53.6 Å². The van der Waals surface area contributed by atoms with Gasteiger partial charge in [-0.2, -0.15) is 0 Å². The van der Waals surface area contributed by atoms with Gasteiger partial charge in [-0.3, -0.25) is 10.2 Å². The molecule has 0 fully saturated rings. The molecule has 0 aliphatic rings. The molecule has 0 spiro atoms. The maximum Gasteiger partial charge on any atom is 0.335 e. The Hall–Kier alpha value is -2.88. The normalized spacial score (nSPS) is 11.4. The lowest BCUT2D eigenvalue weighted by atomic mass is 10.2. The van der Waals surface area contributed by atoms with Crippen LogP contribution in [0.25, 0.3) is 10.9 Å². The predicted molar refractivity (Wildman–Crippen MR) is 94.5 cm³/mol. The fourth-order valence-electron chi connectivity index (χ4n) is 2.34. The first-order chi connectivity index (χ1) is 12.3. The number of nitrogens with one attached hydrogen (secondary N) is 3. The molecule has 4 N–H and O–H groups in total. The number of hydrogen-bond acceptors (Lipinski definition) is 4. The summed E-state index contributed by atoms with van der Waals surface area (Å²) in [4.78, 5) is 27.6. The summed E-state index contributed by atoms with van der Waals surface area (Å²) in [5.41, 5.74) is 2.80. The fourth-order valence-corrected chi connectivity index (χ4v) is 3.70. The van der Waals surface area contributed by atoms with Crippen molar-refractivity contribution < 1.29 is 23.1 Å². The van der Waals surface area contributed by atoms with Crippen molar-refractivity contribution in [3.63, 3.8) is 0 Å². The number of halogens is 1. The monoisotopic (exact) mass is 393 g/mol. The van der Waals surface area contributed by atoms with E-state index in [1.54, 1.807) is 24.3 Å². The number of hydrogen-bond donors (Lipinski definition) is 4. The van der Waals surface area contributed by atoms with Gasteiger partial charge in [-0.1, -0.05) is 29.8 Å². The Morgan fingerprint density at radius 1 is 1.12 bits per heavy atom. The summed E-state index contributed by atoms with van der Waals surface area (Å²) >= 11 is 5.85. The molecule has 10 heteroatoms. The molecule has 0 atom stereocenters. The van der Waals surface area contributed by atoms with Crippen LogP contribution in [0.3, 0.4) is 0 Å². The van der Waals surface area contributed by atoms with Crippen molar-refractivity contribution in [1.29, 1.82) is 0 Å². The van der Waals surface area contributed by atoms with Crippen LogP contribution >= 0.6 is 11.6 Å². The molecule has 0 saturated heterocycles. The molecule has 1 heterocycles. The van der Waals surface area contributed by atoms with Gasteiger partial charge in [-0.05, 0) is 24.3 Å². The van der Waals surface area contributed by atoms with Crippen LogP contribution in [-0.4, -0.2) is 30.4 Å². The van der Waals surface area contributed by atoms with Crippen LogP contribution in [0, 0.1) is 0 Å². The lowest BCUT2D eigenvalue weighted by Crippen LogP contribution is -2.41. The number of rotatable bonds is 5. The first-order valence-electron chi connectivity index (χ1n) is 7.21. The van der Waals surface area contributed by atoms with Crippen molar-refractivity contribution in [2.45, 2.75) is 4.90 Å². The number of carbonyl (C=O) groups excluding carboxylic acids is 1. The first-order valence-corrected chi connectivity index (χ1v) is 9.07. The minimum atomic E-state index is -4.27. The molecule has 1 amide bonds. The number of benzene rings is 2. The van der Waals surface area contributed by atoms with Crippen molar-refractivity contribution in [1.82, 2.24) is 15.2 Å². The molecule has 8 nitrogen and oxygen atoms in total. The summed E-state index contributed by atoms with van der Waals surface area (Å²) in [5, 5.41) is 9.42. The van der Waals surface area contributed by atoms with Gasteiger partial charge in [0.25, 0.3) is 15.9 Å². The van der Waals surface area contributed by atoms with Crippen LogP contribution in [0.2, 0.25) is 5.02 Å². The van der Waals surface area contributed by atoms with Crippen molar-refractivity contribution in [3.8, 4) is 0 Å². The fraction of sp³-hybridized carbons (Fsp3) is 0. The summed E-state index contributed by atoms with van der Waals surface area (Å²) in [6, 6.07) is 10.3. The van der Waals surface area contributed by atoms with Gasteiger partial charge in [0.05, 0.1) is 16.1 Å². The lowest BCUT2D eigenvalue weighted by Gasteiger charge is -2.10. The average Bonchev–Trinajstić information content (AvgIpc) is 3.04. The van der Waals surface area contributed by atoms with Gasteiger partial charge in [-0.15, -0.1) is 4.83 Å². The Labute approximate surface area is 152 Å². The average molecular weight is 394 g/mol. The number of amides is 1. The molecular weight excluding hydrogens is 382 g/mol. The van der Waals surface area contributed by atoms with Crippen LogP contribution < -0.4 is 10.3 Å². The SMILES string of the molecule is O=C(O)c1ccc(Cl)c(S(=O)(=O)NNC(=O)c2c[nH]c3ccccc23)c1. The molecule has 0 aliphatic carbocycles. The second kappa shape index (κ2) is 6.79. The van der Waals surface area contributed by atoms with E-state index in [0.717, 1.165) is 17.6 Å². The number of fused-ring (bicyclic) bond motifs is 1. The van der Waals surface area contributed by atoms with E-state index in [1.165, 1.54) is 12.3 Å². The summed E-state index contributed by atoms with van der Waals surface area (Å²) in [7, 11) is -4.27. The molecule has 0 unspecified atom stereocenters. The number of aromatic nitrogens is 1. The van der Waals surface area contributed by atoms with Crippen LogP contribution in [0.4, 0.5) is 0 Å². The van der Waals surface area contributed by atoms with Gasteiger partial charge in [0.15, 0.2) is 0 Å². The Balaban J connectivity index is 1.83. The molecule has 0 aliphatic heterocycles. The van der Waals surface area contributed by atoms with E-state index in [2.05, 4.69) is 10.4 Å². The number of H-pyrrole nitrogens is 1. The quantitative estimate of drug-likeness (QED) is 0.494. The van der Waals surface area contributed by atoms with Crippen LogP contribution in [0.5, 0.6) is 0 Å². The molecule has 3 rings (SSSR count). The standard InChI is InChI=1S/C16H12ClN3O5S/c17-12-6-5-9(16(22)23)7-14(12)26(24,25)20-19-15(21)11-8-18-13-4-2-1-3-10(11)13/h1-8,18,20H,(H,19,21)(H,22,23). The summed E-state index contributed by atoms with van der Waals surface area (Å²) < 4.78 is 24.7. The highest BCUT2D eigenvalue weighted by molar-refractivity contribution is 7.89. The minimum absolute atomic E-state index is 0.177. The number of sulfonamides is 1. The molecule has 26 heavy (non-hydrogen) atoms. The van der Waals surface area contributed by atoms with Crippen molar-refractivity contribution in [2.75, 3.05) is 0 Å². The molecule has 0 radical (unpaired) electrons. The third kappa shape index (κ3) is 3.40. The maximum absolute atomic E-state index is 12.4. The van der Waals surface area contributed by atoms with Gasteiger partial charge >= 0.3 is 5.97 Å². The van der Waals surface area contributed by atoms with E-state index < -0.39 is 26.8 Å². The van der Waals surface area contributed by atoms with Gasteiger partial charge in [0, 0.05) is 17.1 Å². The van der Waals surface area contributed by atoms with Crippen molar-refractivity contribution in [2.24, 2.45) is 0 Å². The predicted octanol–water partition coefficient (Wildman–Crippen LogP) is 2.14. The molecule has 2 aromatic carbocycles. The number of carbonyl (C=O) groups is 2. The molecule has 0 saturated carbocycles. The molecule has 1 aromatic heterocycles. The minimum Gasteiger partial charge on any atom is -0.478 e. The maximum atomic E-state index is 12.4. The Morgan fingerprint density at radius 3 is 2.58 bits per heavy atom. The lowest BCUT2D eigenvalue weighted by molar-refractivity contribution is 0.0696. The molecule has 134 valence electrons. The highest BCUT2D eigenvalue weighted by atomic mass is 35.5. The zero-order valence-electron chi connectivity index (χ0n) is 13.0. The zero-order chi connectivity index (χ0) is 18.9. The van der Waals surface area contributed by atoms with Gasteiger partial charge in [-0.25, -0.2) is 13.2 Å². The van der Waals surface area contributed by atoms with Gasteiger partial charge in [0.1, 0.15) is 4.90 Å². The third-order valence-corrected chi connectivity index (χ3v) is 5.33. The third-order valence-electron chi connectivity index (χ3n) is 3.60. The zero-order valence-corrected chi connectivity index (χ0v) is 14.6. The molecule has 3 aromatic rings. The van der Waals surface area contributed by atoms with E-state index in [1.807, 2.05) is 4.83 Å². The molecule has 0 bridgehead atoms. The van der Waals surface area contributed by atoms with E-state index in [-0.39, 0.29) is 16.1 Å². The summed E-state index contributed by atoms with van der Waals surface area (Å²) in [6.07, 6.45) is 1.45. The van der Waals surface area contributed by atoms with Crippen LogP contribution in [0.1, 0.15) is 20.7 Å². The van der Waals surface area contributed by atoms with Crippen LogP contribution in [-0.2, 0) is 10.0 Å². The van der Waals surface area contributed by atoms with Crippen molar-refractivity contribution >= 4 is 44.4 Å². The number of aromatic amines is 1. The van der Waals surface area contributed by atoms with E-state index in [4.69, 9.17) is 16.7 Å². The van der Waals surface area contributed by atoms with Crippen molar-refractivity contribution in [3.05, 3.63) is 64.8 Å². The topological polar surface area (TPSA) is 128 Å². The number of aromatic carboxylic acids is 1. The number of carboxylic acids is 1. The Kier molecular flexibility index (Phi) is 4.68. The highest BCUT2D eigenvalue weighted by Gasteiger charge is 2.21. The smallest absolute Gasteiger partial charge is 0.335 e. The number of carboxylic acid groups (broad SMARTS) is 1. The highest BCUT2D eigenvalue weighted by Crippen LogP contribution is 2.22. The summed E-state index contributed by atoms with van der Waals surface area (Å²) in [6.45, 7) is 0. The van der Waals surface area contributed by atoms with Gasteiger partial charge < -0.3 is 10.1 Å². The van der Waals surface area contributed by atoms with E-state index in [0.29, 0.717) is 5.39 Å². The first kappa shape index (κ1) is 17.9. The number of hydrazine groups is 1. The molecular formula is C16H12ClN3O5S. The van der Waals surface area contributed by atoms with Gasteiger partial charge in [0.2, 0.25) is 0 Å². The second-order valence-corrected chi connectivity index (χ2v) is 7.32. The number of para-hydroxylation sites is 1.